The van der Waals surface area contributed by atoms with E-state index in [4.69, 9.17) is 0 Å². The average Bonchev–Trinajstić information content (AvgIpc) is 3.40. The Morgan fingerprint density at radius 3 is 2.66 bits per heavy atom. The number of thioether (sulfide) groups is 1. The molecule has 1 amide bonds. The van der Waals surface area contributed by atoms with Gasteiger partial charge in [0.2, 0.25) is 5.91 Å². The Morgan fingerprint density at radius 2 is 1.90 bits per heavy atom. The molecule has 146 valence electrons. The lowest BCUT2D eigenvalue weighted by atomic mass is 10.2. The van der Waals surface area contributed by atoms with E-state index < -0.39 is 0 Å². The zero-order valence-corrected chi connectivity index (χ0v) is 17.3. The summed E-state index contributed by atoms with van der Waals surface area (Å²) in [6.45, 7) is 2.74. The second-order valence-corrected chi connectivity index (χ2v) is 7.83. The molecule has 0 saturated heterocycles. The number of hydrogen-bond donors (Lipinski definition) is 1. The molecule has 0 bridgehead atoms. The predicted molar refractivity (Wildman–Crippen MR) is 116 cm³/mol. The van der Waals surface area contributed by atoms with E-state index >= 15 is 0 Å². The number of nitrogens with zero attached hydrogens (tertiary/aromatic N) is 5. The molecule has 4 aromatic rings. The second kappa shape index (κ2) is 8.97. The lowest BCUT2D eigenvalue weighted by Crippen LogP contribution is -2.14. The predicted octanol–water partition coefficient (Wildman–Crippen LogP) is 4.21. The van der Waals surface area contributed by atoms with Gasteiger partial charge in [0.05, 0.1) is 11.4 Å². The summed E-state index contributed by atoms with van der Waals surface area (Å²) in [6.07, 6.45) is 3.45. The van der Waals surface area contributed by atoms with E-state index in [-0.39, 0.29) is 11.7 Å². The Bertz CT molecular complexity index is 1090. The number of hydrogen-bond acceptors (Lipinski definition) is 7. The van der Waals surface area contributed by atoms with Gasteiger partial charge in [-0.05, 0) is 19.1 Å². The third-order valence-corrected chi connectivity index (χ3v) is 5.85. The van der Waals surface area contributed by atoms with Gasteiger partial charge in [0.25, 0.3) is 0 Å². The van der Waals surface area contributed by atoms with E-state index in [1.807, 2.05) is 59.3 Å². The molecule has 0 saturated carbocycles. The fourth-order valence-electron chi connectivity index (χ4n) is 2.75. The van der Waals surface area contributed by atoms with Gasteiger partial charge in [-0.3, -0.25) is 9.78 Å². The van der Waals surface area contributed by atoms with E-state index in [2.05, 4.69) is 25.5 Å². The van der Waals surface area contributed by atoms with Crippen LogP contribution in [0.2, 0.25) is 0 Å². The van der Waals surface area contributed by atoms with Crippen LogP contribution in [0.25, 0.3) is 22.6 Å². The molecule has 0 aliphatic rings. The first-order chi connectivity index (χ1) is 14.2. The van der Waals surface area contributed by atoms with Crippen molar-refractivity contribution in [2.75, 3.05) is 11.1 Å². The molecule has 7 nitrogen and oxygen atoms in total. The van der Waals surface area contributed by atoms with E-state index in [1.165, 1.54) is 23.1 Å². The van der Waals surface area contributed by atoms with Crippen molar-refractivity contribution in [1.82, 2.24) is 24.7 Å². The fraction of sp³-hybridized carbons (Fsp3) is 0.150. The summed E-state index contributed by atoms with van der Waals surface area (Å²) in [6, 6.07) is 13.7. The van der Waals surface area contributed by atoms with Crippen LogP contribution in [-0.4, -0.2) is 36.4 Å². The van der Waals surface area contributed by atoms with Crippen molar-refractivity contribution in [3.63, 3.8) is 0 Å². The highest BCUT2D eigenvalue weighted by molar-refractivity contribution is 7.99. The van der Waals surface area contributed by atoms with Gasteiger partial charge in [0.15, 0.2) is 16.1 Å². The van der Waals surface area contributed by atoms with Gasteiger partial charge < -0.3 is 9.88 Å². The molecule has 1 aromatic carbocycles. The number of aromatic nitrogens is 5. The van der Waals surface area contributed by atoms with Crippen LogP contribution >= 0.6 is 23.1 Å². The molecular formula is C20H18N6OS2. The highest BCUT2D eigenvalue weighted by Gasteiger charge is 2.15. The topological polar surface area (TPSA) is 85.6 Å². The number of pyridine rings is 1. The molecule has 0 spiro atoms. The molecule has 29 heavy (non-hydrogen) atoms. The molecule has 1 N–H and O–H groups in total. The molecule has 0 aliphatic carbocycles. The smallest absolute Gasteiger partial charge is 0.236 e. The summed E-state index contributed by atoms with van der Waals surface area (Å²) in [4.78, 5) is 20.9. The molecule has 0 aliphatic heterocycles. The Morgan fingerprint density at radius 1 is 1.10 bits per heavy atom. The van der Waals surface area contributed by atoms with Crippen molar-refractivity contribution in [3.8, 4) is 22.6 Å². The van der Waals surface area contributed by atoms with Crippen LogP contribution in [0.1, 0.15) is 6.92 Å². The summed E-state index contributed by atoms with van der Waals surface area (Å²) >= 11 is 2.77. The van der Waals surface area contributed by atoms with Gasteiger partial charge >= 0.3 is 0 Å². The highest BCUT2D eigenvalue weighted by Crippen LogP contribution is 2.26. The van der Waals surface area contributed by atoms with E-state index in [0.717, 1.165) is 22.6 Å². The van der Waals surface area contributed by atoms with Crippen molar-refractivity contribution in [3.05, 3.63) is 60.2 Å². The van der Waals surface area contributed by atoms with E-state index in [1.54, 1.807) is 12.4 Å². The monoisotopic (exact) mass is 422 g/mol. The summed E-state index contributed by atoms with van der Waals surface area (Å²) in [5, 5.41) is 14.6. The van der Waals surface area contributed by atoms with Crippen molar-refractivity contribution < 1.29 is 4.79 Å². The van der Waals surface area contributed by atoms with Crippen LogP contribution in [-0.2, 0) is 11.3 Å². The number of anilines is 1. The van der Waals surface area contributed by atoms with Crippen molar-refractivity contribution in [1.29, 1.82) is 0 Å². The standard InChI is InChI=1S/C20H18N6OS2/c1-2-26-18(15-8-10-21-11-9-15)24-25-20(26)29-13-17(27)23-19-22-16(12-28-19)14-6-4-3-5-7-14/h3-12H,2,13H2,1H3,(H,22,23,27). The molecule has 0 fully saturated rings. The molecular weight excluding hydrogens is 404 g/mol. The minimum absolute atomic E-state index is 0.125. The first kappa shape index (κ1) is 19.3. The van der Waals surface area contributed by atoms with Gasteiger partial charge in [0, 0.05) is 35.4 Å². The van der Waals surface area contributed by atoms with Crippen LogP contribution < -0.4 is 5.32 Å². The molecule has 0 radical (unpaired) electrons. The first-order valence-electron chi connectivity index (χ1n) is 9.02. The van der Waals surface area contributed by atoms with Gasteiger partial charge in [-0.2, -0.15) is 0 Å². The largest absolute Gasteiger partial charge is 0.302 e. The van der Waals surface area contributed by atoms with Crippen molar-refractivity contribution in [2.45, 2.75) is 18.6 Å². The minimum atomic E-state index is -0.125. The SMILES string of the molecule is CCn1c(SCC(=O)Nc2nc(-c3ccccc3)cs2)nnc1-c1ccncc1. The number of carbonyl (C=O) groups excluding carboxylic acids is 1. The van der Waals surface area contributed by atoms with Crippen LogP contribution in [0.5, 0.6) is 0 Å². The lowest BCUT2D eigenvalue weighted by Gasteiger charge is -2.07. The Balaban J connectivity index is 1.39. The molecule has 0 unspecified atom stereocenters. The maximum atomic E-state index is 12.4. The minimum Gasteiger partial charge on any atom is -0.302 e. The number of carbonyl (C=O) groups is 1. The molecule has 9 heteroatoms. The normalized spacial score (nSPS) is 10.8. The maximum absolute atomic E-state index is 12.4. The summed E-state index contributed by atoms with van der Waals surface area (Å²) in [5.41, 5.74) is 2.83. The molecule has 0 atom stereocenters. The van der Waals surface area contributed by atoms with Gasteiger partial charge in [-0.15, -0.1) is 21.5 Å². The number of nitrogens with one attached hydrogen (secondary N) is 1. The van der Waals surface area contributed by atoms with Crippen LogP contribution in [0.4, 0.5) is 5.13 Å². The first-order valence-corrected chi connectivity index (χ1v) is 10.9. The Labute approximate surface area is 176 Å². The number of thiazole rings is 1. The molecule has 3 aromatic heterocycles. The average molecular weight is 423 g/mol. The zero-order valence-electron chi connectivity index (χ0n) is 15.6. The summed E-state index contributed by atoms with van der Waals surface area (Å²) in [5.74, 6) is 0.875. The summed E-state index contributed by atoms with van der Waals surface area (Å²) in [7, 11) is 0. The third-order valence-electron chi connectivity index (χ3n) is 4.12. The Kier molecular flexibility index (Phi) is 5.97. The van der Waals surface area contributed by atoms with Crippen molar-refractivity contribution >= 4 is 34.1 Å². The third kappa shape index (κ3) is 4.52. The molecule has 3 heterocycles. The van der Waals surface area contributed by atoms with E-state index in [0.29, 0.717) is 16.8 Å². The lowest BCUT2D eigenvalue weighted by molar-refractivity contribution is -0.113. The highest BCUT2D eigenvalue weighted by atomic mass is 32.2. The second-order valence-electron chi connectivity index (χ2n) is 6.03. The van der Waals surface area contributed by atoms with Crippen LogP contribution in [0.15, 0.2) is 65.4 Å². The number of amides is 1. The van der Waals surface area contributed by atoms with Gasteiger partial charge in [0.1, 0.15) is 0 Å². The fourth-order valence-corrected chi connectivity index (χ4v) is 4.29. The van der Waals surface area contributed by atoms with Crippen molar-refractivity contribution in [2.24, 2.45) is 0 Å². The van der Waals surface area contributed by atoms with E-state index in [9.17, 15) is 4.79 Å². The quantitative estimate of drug-likeness (QED) is 0.449. The zero-order chi connectivity index (χ0) is 20.1. The maximum Gasteiger partial charge on any atom is 0.236 e. The van der Waals surface area contributed by atoms with Gasteiger partial charge in [-0.25, -0.2) is 4.98 Å². The number of rotatable bonds is 7. The van der Waals surface area contributed by atoms with Gasteiger partial charge in [-0.1, -0.05) is 42.1 Å². The van der Waals surface area contributed by atoms with Crippen LogP contribution in [0, 0.1) is 0 Å². The molecule has 4 rings (SSSR count). The number of benzene rings is 1. The Hall–Kier alpha value is -3.04. The summed E-state index contributed by atoms with van der Waals surface area (Å²) < 4.78 is 1.99. The van der Waals surface area contributed by atoms with Crippen LogP contribution in [0.3, 0.4) is 0 Å².